The van der Waals surface area contributed by atoms with Crippen molar-refractivity contribution in [3.8, 4) is 0 Å². The van der Waals surface area contributed by atoms with Crippen molar-refractivity contribution in [3.63, 3.8) is 0 Å². The molecule has 9 heteroatoms. The quantitative estimate of drug-likeness (QED) is 0.483. The fourth-order valence-corrected chi connectivity index (χ4v) is 6.77. The second-order valence-electron chi connectivity index (χ2n) is 8.34. The van der Waals surface area contributed by atoms with Crippen molar-refractivity contribution in [3.05, 3.63) is 71.3 Å². The molecule has 1 atom stereocenters. The zero-order valence-corrected chi connectivity index (χ0v) is 20.2. The summed E-state index contributed by atoms with van der Waals surface area (Å²) in [5.74, 6) is -0.642. The third-order valence-corrected chi connectivity index (χ3v) is 8.76. The number of fused-ring (bicyclic) bond motifs is 1. The fraction of sp³-hybridized carbons (Fsp3) is 0.333. The first-order valence-corrected chi connectivity index (χ1v) is 13.1. The van der Waals surface area contributed by atoms with E-state index in [9.17, 15) is 17.6 Å². The van der Waals surface area contributed by atoms with Crippen molar-refractivity contribution in [2.45, 2.75) is 50.1 Å². The smallest absolute Gasteiger partial charge is 0.266 e. The Morgan fingerprint density at radius 2 is 2.00 bits per heavy atom. The van der Waals surface area contributed by atoms with E-state index in [1.807, 2.05) is 10.6 Å². The molecule has 33 heavy (non-hydrogen) atoms. The van der Waals surface area contributed by atoms with E-state index in [2.05, 4.69) is 37.6 Å². The monoisotopic (exact) mass is 487 g/mol. The van der Waals surface area contributed by atoms with Crippen LogP contribution in [0.4, 0.5) is 4.39 Å². The van der Waals surface area contributed by atoms with Crippen molar-refractivity contribution in [2.24, 2.45) is 4.99 Å². The number of hydrogen-bond donors (Lipinski definition) is 0. The van der Waals surface area contributed by atoms with Crippen molar-refractivity contribution in [2.75, 3.05) is 6.54 Å². The molecule has 174 valence electrons. The minimum absolute atomic E-state index is 0.0339. The summed E-state index contributed by atoms with van der Waals surface area (Å²) in [5, 5.41) is 0. The van der Waals surface area contributed by atoms with E-state index >= 15 is 0 Å². The third-order valence-electron chi connectivity index (χ3n) is 5.80. The third kappa shape index (κ3) is 4.58. The second kappa shape index (κ2) is 9.32. The second-order valence-corrected chi connectivity index (χ2v) is 11.2. The summed E-state index contributed by atoms with van der Waals surface area (Å²) in [7, 11) is -3.94. The van der Waals surface area contributed by atoms with Gasteiger partial charge in [0, 0.05) is 13.1 Å². The van der Waals surface area contributed by atoms with Gasteiger partial charge in [-0.3, -0.25) is 4.79 Å². The maximum absolute atomic E-state index is 13.3. The Bertz CT molecular complexity index is 1370. The van der Waals surface area contributed by atoms with Crippen molar-refractivity contribution < 1.29 is 17.6 Å². The molecule has 0 spiro atoms. The Balaban J connectivity index is 1.72. The first-order chi connectivity index (χ1) is 15.7. The molecule has 0 bridgehead atoms. The van der Waals surface area contributed by atoms with Gasteiger partial charge in [0.15, 0.2) is 4.80 Å². The standard InChI is InChI=1S/C24H26FN3O3S2/c1-4-13-27-20-12-7-17(16(2)3)15-22(20)32-24(27)26-23(29)21-6-5-14-28(21)33(30,31)19-10-8-18(25)9-11-19/h4,7-12,15-16,21H,1,5-6,13-14H2,2-3H3. The Hall–Kier alpha value is -2.62. The summed E-state index contributed by atoms with van der Waals surface area (Å²) >= 11 is 1.41. The molecule has 2 aromatic carbocycles. The van der Waals surface area contributed by atoms with Gasteiger partial charge in [-0.15, -0.1) is 6.58 Å². The van der Waals surface area contributed by atoms with Crippen LogP contribution in [0.25, 0.3) is 10.2 Å². The number of carbonyl (C=O) groups excluding carboxylic acids is 1. The van der Waals surface area contributed by atoms with E-state index in [1.54, 1.807) is 6.08 Å². The fourth-order valence-electron chi connectivity index (χ4n) is 4.03. The number of thiazole rings is 1. The molecule has 1 saturated heterocycles. The van der Waals surface area contributed by atoms with Crippen LogP contribution in [0.1, 0.15) is 38.2 Å². The van der Waals surface area contributed by atoms with Gasteiger partial charge in [0.05, 0.1) is 15.1 Å². The molecule has 0 aliphatic carbocycles. The summed E-state index contributed by atoms with van der Waals surface area (Å²) in [6.07, 6.45) is 2.70. The van der Waals surface area contributed by atoms with E-state index in [0.29, 0.717) is 30.1 Å². The predicted molar refractivity (Wildman–Crippen MR) is 128 cm³/mol. The minimum atomic E-state index is -3.94. The maximum atomic E-state index is 13.3. The lowest BCUT2D eigenvalue weighted by Gasteiger charge is -2.21. The van der Waals surface area contributed by atoms with E-state index in [1.165, 1.54) is 33.3 Å². The molecule has 1 aliphatic rings. The highest BCUT2D eigenvalue weighted by Gasteiger charge is 2.39. The molecule has 1 aromatic heterocycles. The van der Waals surface area contributed by atoms with Gasteiger partial charge in [-0.05, 0) is 60.7 Å². The van der Waals surface area contributed by atoms with Crippen LogP contribution in [0, 0.1) is 5.82 Å². The van der Waals surface area contributed by atoms with Gasteiger partial charge in [0.2, 0.25) is 10.0 Å². The minimum Gasteiger partial charge on any atom is -0.313 e. The van der Waals surface area contributed by atoms with Crippen LogP contribution in [0.3, 0.4) is 0 Å². The molecule has 0 N–H and O–H groups in total. The Kier molecular flexibility index (Phi) is 6.65. The molecule has 1 fully saturated rings. The largest absolute Gasteiger partial charge is 0.313 e. The maximum Gasteiger partial charge on any atom is 0.266 e. The number of benzene rings is 2. The lowest BCUT2D eigenvalue weighted by Crippen LogP contribution is -2.40. The molecule has 1 unspecified atom stereocenters. The number of allylic oxidation sites excluding steroid dienone is 1. The van der Waals surface area contributed by atoms with Gasteiger partial charge < -0.3 is 4.57 Å². The normalized spacial score (nSPS) is 17.8. The number of amides is 1. The number of rotatable bonds is 6. The summed E-state index contributed by atoms with van der Waals surface area (Å²) in [6.45, 7) is 8.76. The molecule has 0 radical (unpaired) electrons. The van der Waals surface area contributed by atoms with Crippen molar-refractivity contribution >= 4 is 37.5 Å². The highest BCUT2D eigenvalue weighted by atomic mass is 32.2. The molecular weight excluding hydrogens is 461 g/mol. The lowest BCUT2D eigenvalue weighted by atomic mass is 10.0. The SMILES string of the molecule is C=CCn1c(=NC(=O)C2CCCN2S(=O)(=O)c2ccc(F)cc2)sc2cc(C(C)C)ccc21. The summed E-state index contributed by atoms with van der Waals surface area (Å²) in [4.78, 5) is 18.1. The van der Waals surface area contributed by atoms with Gasteiger partial charge in [-0.25, -0.2) is 12.8 Å². The zero-order chi connectivity index (χ0) is 23.8. The highest BCUT2D eigenvalue weighted by Crippen LogP contribution is 2.28. The predicted octanol–water partition coefficient (Wildman–Crippen LogP) is 4.43. The molecule has 1 aliphatic heterocycles. The number of hydrogen-bond acceptors (Lipinski definition) is 4. The molecule has 6 nitrogen and oxygen atoms in total. The lowest BCUT2D eigenvalue weighted by molar-refractivity contribution is -0.121. The van der Waals surface area contributed by atoms with E-state index in [-0.39, 0.29) is 11.4 Å². The number of aromatic nitrogens is 1. The zero-order valence-electron chi connectivity index (χ0n) is 18.6. The van der Waals surface area contributed by atoms with Crippen LogP contribution in [-0.2, 0) is 21.4 Å². The summed E-state index contributed by atoms with van der Waals surface area (Å²) < 4.78 is 43.6. The molecular formula is C24H26FN3O3S2. The molecule has 4 rings (SSSR count). The average molecular weight is 488 g/mol. The van der Waals surface area contributed by atoms with Crippen LogP contribution in [0.5, 0.6) is 0 Å². The first kappa shape index (κ1) is 23.5. The van der Waals surface area contributed by atoms with Crippen LogP contribution in [-0.4, -0.2) is 35.8 Å². The van der Waals surface area contributed by atoms with Crippen LogP contribution < -0.4 is 4.80 Å². The van der Waals surface area contributed by atoms with E-state index in [0.717, 1.165) is 22.3 Å². The number of sulfonamides is 1. The first-order valence-electron chi connectivity index (χ1n) is 10.8. The highest BCUT2D eigenvalue weighted by molar-refractivity contribution is 7.89. The Morgan fingerprint density at radius 1 is 1.27 bits per heavy atom. The Morgan fingerprint density at radius 3 is 2.67 bits per heavy atom. The molecule has 3 aromatic rings. The average Bonchev–Trinajstić information content (AvgIpc) is 3.40. The van der Waals surface area contributed by atoms with Gasteiger partial charge in [0.1, 0.15) is 11.9 Å². The summed E-state index contributed by atoms with van der Waals surface area (Å²) in [5.41, 5.74) is 2.15. The molecule has 1 amide bonds. The van der Waals surface area contributed by atoms with Crippen LogP contribution in [0.15, 0.2) is 65.0 Å². The molecule has 2 heterocycles. The topological polar surface area (TPSA) is 71.7 Å². The number of halogens is 1. The number of carbonyl (C=O) groups is 1. The van der Waals surface area contributed by atoms with Gasteiger partial charge in [-0.2, -0.15) is 9.30 Å². The van der Waals surface area contributed by atoms with E-state index in [4.69, 9.17) is 0 Å². The van der Waals surface area contributed by atoms with Crippen molar-refractivity contribution in [1.82, 2.24) is 8.87 Å². The molecule has 0 saturated carbocycles. The van der Waals surface area contributed by atoms with Crippen molar-refractivity contribution in [1.29, 1.82) is 0 Å². The van der Waals surface area contributed by atoms with Gasteiger partial charge in [-0.1, -0.05) is 37.3 Å². The number of nitrogens with zero attached hydrogens (tertiary/aromatic N) is 3. The van der Waals surface area contributed by atoms with Gasteiger partial charge >= 0.3 is 0 Å². The van der Waals surface area contributed by atoms with Gasteiger partial charge in [0.25, 0.3) is 5.91 Å². The van der Waals surface area contributed by atoms with Crippen LogP contribution >= 0.6 is 11.3 Å². The van der Waals surface area contributed by atoms with E-state index < -0.39 is 27.8 Å². The van der Waals surface area contributed by atoms with Crippen LogP contribution in [0.2, 0.25) is 0 Å². The Labute approximate surface area is 196 Å². The summed E-state index contributed by atoms with van der Waals surface area (Å²) in [6, 6.07) is 9.96.